The van der Waals surface area contributed by atoms with E-state index in [-0.39, 0.29) is 5.60 Å². The number of aromatic nitrogens is 2. The van der Waals surface area contributed by atoms with Gasteiger partial charge in [0.2, 0.25) is 0 Å². The molecule has 2 aromatic carbocycles. The van der Waals surface area contributed by atoms with Crippen molar-refractivity contribution in [3.05, 3.63) is 71.4 Å². The number of rotatable bonds is 3. The third-order valence-corrected chi connectivity index (χ3v) is 9.27. The highest BCUT2D eigenvalue weighted by Gasteiger charge is 2.37. The SMILES string of the molecule is Cc1ccc2c(c1)-c1cccc(c1)-c1cn3c(c([C@H](OC(C)(C)C)C(=O)O)c(C)cc3n1)N1CCC(C)(CC1)OCCCC[C@H](N)O2. The fourth-order valence-electron chi connectivity index (χ4n) is 6.76. The van der Waals surface area contributed by atoms with Crippen LogP contribution in [0.2, 0.25) is 0 Å². The van der Waals surface area contributed by atoms with Gasteiger partial charge in [0.1, 0.15) is 23.4 Å². The average Bonchev–Trinajstić information content (AvgIpc) is 3.43. The highest BCUT2D eigenvalue weighted by atomic mass is 16.5. The maximum atomic E-state index is 12.8. The summed E-state index contributed by atoms with van der Waals surface area (Å²) in [6.07, 6.45) is 4.59. The molecule has 5 heterocycles. The molecule has 0 radical (unpaired) electrons. The number of carboxylic acid groups (broad SMARTS) is 1. The van der Waals surface area contributed by atoms with Gasteiger partial charge in [-0.05, 0) is 109 Å². The highest BCUT2D eigenvalue weighted by molar-refractivity contribution is 5.80. The summed E-state index contributed by atoms with van der Waals surface area (Å²) in [4.78, 5) is 20.2. The first-order valence-corrected chi connectivity index (χ1v) is 16.8. The molecule has 4 aromatic rings. The van der Waals surface area contributed by atoms with Gasteiger partial charge >= 0.3 is 5.97 Å². The normalized spacial score (nSPS) is 21.3. The van der Waals surface area contributed by atoms with E-state index in [1.807, 2.05) is 62.6 Å². The van der Waals surface area contributed by atoms with Crippen molar-refractivity contribution < 1.29 is 24.1 Å². The molecule has 7 rings (SSSR count). The Kier molecular flexibility index (Phi) is 9.09. The van der Waals surface area contributed by atoms with Gasteiger partial charge in [-0.25, -0.2) is 9.78 Å². The van der Waals surface area contributed by atoms with Gasteiger partial charge in [0, 0.05) is 42.6 Å². The average molecular weight is 641 g/mol. The zero-order chi connectivity index (χ0) is 33.5. The summed E-state index contributed by atoms with van der Waals surface area (Å²) in [6, 6.07) is 16.4. The van der Waals surface area contributed by atoms with E-state index in [2.05, 4.69) is 43.0 Å². The summed E-state index contributed by atoms with van der Waals surface area (Å²) in [5.41, 5.74) is 12.6. The number of benzene rings is 2. The lowest BCUT2D eigenvalue weighted by Crippen LogP contribution is -2.45. The lowest BCUT2D eigenvalue weighted by Gasteiger charge is -2.41. The lowest BCUT2D eigenvalue weighted by atomic mass is 9.92. The number of fused-ring (bicyclic) bond motifs is 8. The Morgan fingerprint density at radius 1 is 1.09 bits per heavy atom. The summed E-state index contributed by atoms with van der Waals surface area (Å²) in [7, 11) is 0. The molecule has 2 aromatic heterocycles. The number of nitrogens with zero attached hydrogens (tertiary/aromatic N) is 3. The van der Waals surface area contributed by atoms with Gasteiger partial charge in [-0.3, -0.25) is 10.1 Å². The first-order valence-electron chi connectivity index (χ1n) is 16.8. The van der Waals surface area contributed by atoms with Crippen LogP contribution < -0.4 is 15.4 Å². The fourth-order valence-corrected chi connectivity index (χ4v) is 6.76. The molecular formula is C38H48N4O5. The quantitative estimate of drug-likeness (QED) is 0.238. The Bertz CT molecular complexity index is 1770. The van der Waals surface area contributed by atoms with Crippen molar-refractivity contribution in [3.8, 4) is 28.1 Å². The number of aryl methyl sites for hydroxylation is 2. The van der Waals surface area contributed by atoms with Gasteiger partial charge < -0.3 is 24.2 Å². The van der Waals surface area contributed by atoms with E-state index in [0.29, 0.717) is 25.3 Å². The summed E-state index contributed by atoms with van der Waals surface area (Å²) >= 11 is 0. The number of hydrogen-bond donors (Lipinski definition) is 2. The van der Waals surface area contributed by atoms with Crippen LogP contribution in [0.1, 0.15) is 82.6 Å². The molecule has 250 valence electrons. The molecule has 0 saturated carbocycles. The van der Waals surface area contributed by atoms with Crippen molar-refractivity contribution in [2.75, 3.05) is 24.6 Å². The van der Waals surface area contributed by atoms with Gasteiger partial charge in [0.15, 0.2) is 6.10 Å². The monoisotopic (exact) mass is 640 g/mol. The summed E-state index contributed by atoms with van der Waals surface area (Å²) in [5.74, 6) is 0.546. The first kappa shape index (κ1) is 33.0. The number of anilines is 1. The Morgan fingerprint density at radius 2 is 1.83 bits per heavy atom. The molecule has 2 atom stereocenters. The topological polar surface area (TPSA) is 112 Å². The third kappa shape index (κ3) is 7.17. The molecular weight excluding hydrogens is 592 g/mol. The number of aliphatic carboxylic acids is 1. The molecule has 1 saturated heterocycles. The molecule has 9 heteroatoms. The van der Waals surface area contributed by atoms with Crippen LogP contribution in [0.15, 0.2) is 54.7 Å². The molecule has 0 amide bonds. The molecule has 1 fully saturated rings. The molecule has 0 unspecified atom stereocenters. The Balaban J connectivity index is 1.53. The van der Waals surface area contributed by atoms with Gasteiger partial charge in [-0.2, -0.15) is 0 Å². The number of carbonyl (C=O) groups is 1. The second-order valence-electron chi connectivity index (χ2n) is 14.4. The van der Waals surface area contributed by atoms with Gasteiger partial charge in [0.05, 0.1) is 16.9 Å². The van der Waals surface area contributed by atoms with Crippen molar-refractivity contribution in [2.45, 2.75) is 97.2 Å². The zero-order valence-electron chi connectivity index (χ0n) is 28.5. The molecule has 3 N–H and O–H groups in total. The molecule has 0 aliphatic carbocycles. The standard InChI is InChI=1S/C38H48N4O5/c1-24-13-14-30-28(20-24)26-10-9-11-27(22-26)29-23-42-32(40-29)21-25(2)33(34(36(43)44)47-37(3,4)5)35(42)41-17-15-38(6,16-18-41)45-19-8-7-12-31(39)46-30/h9-11,13-14,20-23,31,34H,7-8,12,15-19,39H2,1-6H3,(H,43,44)/t31-,34+/m1/s1. The summed E-state index contributed by atoms with van der Waals surface area (Å²) < 4.78 is 21.1. The van der Waals surface area contributed by atoms with Crippen LogP contribution in [0.25, 0.3) is 28.0 Å². The van der Waals surface area contributed by atoms with E-state index in [0.717, 1.165) is 82.8 Å². The molecule has 47 heavy (non-hydrogen) atoms. The van der Waals surface area contributed by atoms with E-state index >= 15 is 0 Å². The first-order chi connectivity index (χ1) is 22.3. The van der Waals surface area contributed by atoms with E-state index < -0.39 is 23.9 Å². The summed E-state index contributed by atoms with van der Waals surface area (Å²) in [5, 5.41) is 10.5. The second kappa shape index (κ2) is 12.9. The maximum Gasteiger partial charge on any atom is 0.337 e. The number of piperidine rings is 1. The van der Waals surface area contributed by atoms with Gasteiger partial charge in [-0.15, -0.1) is 0 Å². The Hall–Kier alpha value is -3.92. The van der Waals surface area contributed by atoms with Crippen LogP contribution in [0, 0.1) is 13.8 Å². The minimum atomic E-state index is -1.15. The van der Waals surface area contributed by atoms with Crippen molar-refractivity contribution >= 4 is 17.4 Å². The molecule has 6 bridgehead atoms. The molecule has 3 aliphatic heterocycles. The van der Waals surface area contributed by atoms with Crippen molar-refractivity contribution in [3.63, 3.8) is 0 Å². The number of ether oxygens (including phenoxy) is 3. The summed E-state index contributed by atoms with van der Waals surface area (Å²) in [6.45, 7) is 13.9. The van der Waals surface area contributed by atoms with Crippen LogP contribution in [0.4, 0.5) is 5.82 Å². The second-order valence-corrected chi connectivity index (χ2v) is 14.4. The Labute approximate surface area is 277 Å². The van der Waals surface area contributed by atoms with Crippen LogP contribution in [-0.2, 0) is 14.3 Å². The van der Waals surface area contributed by atoms with Crippen LogP contribution in [0.5, 0.6) is 5.75 Å². The van der Waals surface area contributed by atoms with Crippen LogP contribution in [-0.4, -0.2) is 57.6 Å². The van der Waals surface area contributed by atoms with Crippen LogP contribution in [0.3, 0.4) is 0 Å². The minimum absolute atomic E-state index is 0.273. The van der Waals surface area contributed by atoms with Crippen molar-refractivity contribution in [1.82, 2.24) is 9.38 Å². The molecule has 0 spiro atoms. The van der Waals surface area contributed by atoms with E-state index in [4.69, 9.17) is 24.9 Å². The zero-order valence-corrected chi connectivity index (χ0v) is 28.5. The number of nitrogens with two attached hydrogens (primary N) is 1. The van der Waals surface area contributed by atoms with Gasteiger partial charge in [-0.1, -0.05) is 29.8 Å². The number of imidazole rings is 1. The van der Waals surface area contributed by atoms with E-state index in [9.17, 15) is 9.90 Å². The number of pyridine rings is 1. The Morgan fingerprint density at radius 3 is 2.55 bits per heavy atom. The lowest BCUT2D eigenvalue weighted by molar-refractivity contribution is -0.160. The van der Waals surface area contributed by atoms with Crippen molar-refractivity contribution in [1.29, 1.82) is 0 Å². The smallest absolute Gasteiger partial charge is 0.337 e. The predicted molar refractivity (Wildman–Crippen MR) is 185 cm³/mol. The highest BCUT2D eigenvalue weighted by Crippen LogP contribution is 2.40. The third-order valence-electron chi connectivity index (χ3n) is 9.27. The fraction of sp³-hybridized carbons (Fsp3) is 0.474. The molecule has 9 nitrogen and oxygen atoms in total. The largest absolute Gasteiger partial charge is 0.479 e. The predicted octanol–water partition coefficient (Wildman–Crippen LogP) is 7.45. The van der Waals surface area contributed by atoms with E-state index in [1.165, 1.54) is 0 Å². The van der Waals surface area contributed by atoms with Crippen molar-refractivity contribution in [2.24, 2.45) is 5.73 Å². The minimum Gasteiger partial charge on any atom is -0.479 e. The van der Waals surface area contributed by atoms with Gasteiger partial charge in [0.25, 0.3) is 0 Å². The maximum absolute atomic E-state index is 12.8. The van der Waals surface area contributed by atoms with Crippen LogP contribution >= 0.6 is 0 Å². The molecule has 3 aliphatic rings. The number of carboxylic acids is 1. The van der Waals surface area contributed by atoms with E-state index in [1.54, 1.807) is 0 Å². The number of hydrogen-bond acceptors (Lipinski definition) is 7.